The molecule has 5 rings (SSSR count). The molecule has 5 atom stereocenters. The van der Waals surface area contributed by atoms with Gasteiger partial charge in [-0.1, -0.05) is 6.07 Å². The fraction of sp³-hybridized carbons (Fsp3) is 0.647. The highest BCUT2D eigenvalue weighted by Gasteiger charge is 2.72. The number of nitrogens with two attached hydrogens (primary N) is 1. The topological polar surface area (TPSA) is 79.0 Å². The quantitative estimate of drug-likeness (QED) is 0.650. The second kappa shape index (κ2) is 3.78. The first-order chi connectivity index (χ1) is 10.5. The summed E-state index contributed by atoms with van der Waals surface area (Å²) >= 11 is 0. The molecule has 1 saturated heterocycles. The maximum atomic E-state index is 11.7. The van der Waals surface area contributed by atoms with Gasteiger partial charge in [0, 0.05) is 17.6 Å². The van der Waals surface area contributed by atoms with Crippen LogP contribution in [0.2, 0.25) is 0 Å². The molecule has 1 spiro atoms. The summed E-state index contributed by atoms with van der Waals surface area (Å²) in [5, 5.41) is 22.0. The number of rotatable bonds is 0. The molecule has 0 aromatic heterocycles. The van der Waals surface area contributed by atoms with E-state index in [0.717, 1.165) is 31.4 Å². The standard InChI is InChI=1S/C17H22N2O3/c1-19-7-6-16-13-9-2-3-11(20)14(13)22-15(16)10(18)4-5-17(16,21)12(19)8-9/h2-3,10,12,15,20-21H,4-8,18H2,1H3/t10?,12?,15-,16?,17?/m1/s1. The van der Waals surface area contributed by atoms with Gasteiger partial charge in [-0.25, -0.2) is 0 Å². The van der Waals surface area contributed by atoms with Crippen LogP contribution in [-0.4, -0.2) is 52.5 Å². The maximum absolute atomic E-state index is 11.7. The Morgan fingerprint density at radius 2 is 2.18 bits per heavy atom. The smallest absolute Gasteiger partial charge is 0.165 e. The number of likely N-dealkylation sites (tertiary alicyclic amines) is 1. The van der Waals surface area contributed by atoms with Crippen molar-refractivity contribution in [1.29, 1.82) is 0 Å². The number of piperidine rings is 1. The second-order valence-electron chi connectivity index (χ2n) is 7.54. The Kier molecular flexibility index (Phi) is 2.26. The molecule has 1 saturated carbocycles. The fourth-order valence-corrected chi connectivity index (χ4v) is 5.79. The van der Waals surface area contributed by atoms with Crippen LogP contribution in [0.4, 0.5) is 0 Å². The number of phenolic OH excluding ortho intramolecular Hbond substituents is 1. The van der Waals surface area contributed by atoms with Gasteiger partial charge in [0.15, 0.2) is 11.5 Å². The summed E-state index contributed by atoms with van der Waals surface area (Å²) < 4.78 is 6.17. The van der Waals surface area contributed by atoms with Crippen LogP contribution in [0, 0.1) is 0 Å². The third kappa shape index (κ3) is 1.17. The first-order valence-corrected chi connectivity index (χ1v) is 8.19. The molecule has 5 heteroatoms. The lowest BCUT2D eigenvalue weighted by Crippen LogP contribution is -2.77. The van der Waals surface area contributed by atoms with Crippen LogP contribution >= 0.6 is 0 Å². The average molecular weight is 302 g/mol. The summed E-state index contributed by atoms with van der Waals surface area (Å²) in [6, 6.07) is 3.71. The lowest BCUT2D eigenvalue weighted by atomic mass is 9.48. The number of benzene rings is 1. The van der Waals surface area contributed by atoms with E-state index in [1.807, 2.05) is 6.07 Å². The van der Waals surface area contributed by atoms with Crippen LogP contribution in [0.5, 0.6) is 11.5 Å². The van der Waals surface area contributed by atoms with Crippen molar-refractivity contribution >= 4 is 0 Å². The van der Waals surface area contributed by atoms with Crippen molar-refractivity contribution in [2.75, 3.05) is 13.6 Å². The van der Waals surface area contributed by atoms with E-state index >= 15 is 0 Å². The maximum Gasteiger partial charge on any atom is 0.165 e. The number of likely N-dealkylation sites (N-methyl/N-ethyl adjacent to an activating group) is 1. The van der Waals surface area contributed by atoms with E-state index in [-0.39, 0.29) is 23.9 Å². The van der Waals surface area contributed by atoms with Crippen LogP contribution in [0.3, 0.4) is 0 Å². The van der Waals surface area contributed by atoms with Gasteiger partial charge >= 0.3 is 0 Å². The van der Waals surface area contributed by atoms with E-state index in [2.05, 4.69) is 11.9 Å². The van der Waals surface area contributed by atoms with Gasteiger partial charge in [0.05, 0.1) is 11.0 Å². The van der Waals surface area contributed by atoms with E-state index in [1.165, 1.54) is 5.56 Å². The van der Waals surface area contributed by atoms with Gasteiger partial charge in [0.25, 0.3) is 0 Å². The number of ether oxygens (including phenoxy) is 1. The highest BCUT2D eigenvalue weighted by molar-refractivity contribution is 5.62. The molecule has 2 aliphatic heterocycles. The van der Waals surface area contributed by atoms with Crippen LogP contribution < -0.4 is 10.5 Å². The van der Waals surface area contributed by atoms with E-state index in [4.69, 9.17) is 10.5 Å². The minimum Gasteiger partial charge on any atom is -0.504 e. The summed E-state index contributed by atoms with van der Waals surface area (Å²) in [6.45, 7) is 0.925. The van der Waals surface area contributed by atoms with Crippen LogP contribution in [0.15, 0.2) is 12.1 Å². The van der Waals surface area contributed by atoms with Gasteiger partial charge in [0.1, 0.15) is 6.10 Å². The van der Waals surface area contributed by atoms with Crippen molar-refractivity contribution in [1.82, 2.24) is 4.90 Å². The van der Waals surface area contributed by atoms with Crippen molar-refractivity contribution in [2.45, 2.75) is 54.9 Å². The van der Waals surface area contributed by atoms with E-state index in [1.54, 1.807) is 6.07 Å². The molecular formula is C17H22N2O3. The number of nitrogens with zero attached hydrogens (tertiary/aromatic N) is 1. The zero-order valence-corrected chi connectivity index (χ0v) is 12.7. The molecule has 22 heavy (non-hydrogen) atoms. The lowest BCUT2D eigenvalue weighted by Gasteiger charge is -2.63. The van der Waals surface area contributed by atoms with Gasteiger partial charge in [-0.05, 0) is 50.9 Å². The first-order valence-electron chi connectivity index (χ1n) is 8.19. The molecule has 2 aliphatic carbocycles. The Morgan fingerprint density at radius 1 is 1.36 bits per heavy atom. The molecule has 1 aromatic rings. The molecule has 2 fully saturated rings. The molecule has 0 amide bonds. The zero-order chi connectivity index (χ0) is 15.3. The van der Waals surface area contributed by atoms with Gasteiger partial charge in [-0.3, -0.25) is 0 Å². The summed E-state index contributed by atoms with van der Waals surface area (Å²) in [6.07, 6.45) is 2.88. The average Bonchev–Trinajstić information content (AvgIpc) is 2.85. The first kappa shape index (κ1) is 13.2. The molecule has 1 aromatic carbocycles. The van der Waals surface area contributed by atoms with Crippen LogP contribution in [0.25, 0.3) is 0 Å². The number of aromatic hydroxyl groups is 1. The van der Waals surface area contributed by atoms with E-state index in [0.29, 0.717) is 12.2 Å². The van der Waals surface area contributed by atoms with E-state index < -0.39 is 11.0 Å². The molecule has 4 N–H and O–H groups in total. The predicted molar refractivity (Wildman–Crippen MR) is 81.1 cm³/mol. The summed E-state index contributed by atoms with van der Waals surface area (Å²) in [4.78, 5) is 2.28. The third-order valence-electron chi connectivity index (χ3n) is 6.78. The SMILES string of the molecule is CN1CCC23c4c5ccc(O)c4O[C@@H]2C(N)CCC3(O)C1C5. The fourth-order valence-electron chi connectivity index (χ4n) is 5.79. The van der Waals surface area contributed by atoms with Crippen molar-refractivity contribution in [2.24, 2.45) is 5.73 Å². The predicted octanol–water partition coefficient (Wildman–Crippen LogP) is 0.503. The Hall–Kier alpha value is -1.30. The van der Waals surface area contributed by atoms with Gasteiger partial charge < -0.3 is 25.6 Å². The second-order valence-corrected chi connectivity index (χ2v) is 7.54. The van der Waals surface area contributed by atoms with Gasteiger partial charge in [-0.2, -0.15) is 0 Å². The third-order valence-corrected chi connectivity index (χ3v) is 6.78. The minimum atomic E-state index is -0.813. The monoisotopic (exact) mass is 302 g/mol. The summed E-state index contributed by atoms with van der Waals surface area (Å²) in [5.74, 6) is 0.746. The van der Waals surface area contributed by atoms with Gasteiger partial charge in [0.2, 0.25) is 0 Å². The number of phenols is 1. The number of hydrogen-bond donors (Lipinski definition) is 3. The van der Waals surface area contributed by atoms with Crippen LogP contribution in [-0.2, 0) is 11.8 Å². The molecular weight excluding hydrogens is 280 g/mol. The molecule has 118 valence electrons. The summed E-state index contributed by atoms with van der Waals surface area (Å²) in [7, 11) is 2.10. The lowest BCUT2D eigenvalue weighted by molar-refractivity contribution is -0.184. The van der Waals surface area contributed by atoms with Crippen LogP contribution in [0.1, 0.15) is 30.4 Å². The molecule has 2 heterocycles. The largest absolute Gasteiger partial charge is 0.504 e. The van der Waals surface area contributed by atoms with Crippen molar-refractivity contribution in [3.05, 3.63) is 23.3 Å². The molecule has 5 nitrogen and oxygen atoms in total. The molecule has 2 bridgehead atoms. The minimum absolute atomic E-state index is 0.0953. The molecule has 4 unspecified atom stereocenters. The van der Waals surface area contributed by atoms with Gasteiger partial charge in [-0.15, -0.1) is 0 Å². The van der Waals surface area contributed by atoms with E-state index in [9.17, 15) is 10.2 Å². The highest BCUT2D eigenvalue weighted by Crippen LogP contribution is 2.64. The number of aliphatic hydroxyl groups is 1. The van der Waals surface area contributed by atoms with Crippen molar-refractivity contribution in [3.63, 3.8) is 0 Å². The van der Waals surface area contributed by atoms with Crippen molar-refractivity contribution < 1.29 is 14.9 Å². The highest BCUT2D eigenvalue weighted by atomic mass is 16.5. The molecule has 0 radical (unpaired) electrons. The Bertz CT molecular complexity index is 678. The Balaban J connectivity index is 1.86. The molecule has 4 aliphatic rings. The normalized spacial score (nSPS) is 45.3. The Morgan fingerprint density at radius 3 is 3.00 bits per heavy atom. The zero-order valence-electron chi connectivity index (χ0n) is 12.7. The van der Waals surface area contributed by atoms with Crippen molar-refractivity contribution in [3.8, 4) is 11.5 Å². The number of hydrogen-bond acceptors (Lipinski definition) is 5. The Labute approximate surface area is 129 Å². The summed E-state index contributed by atoms with van der Waals surface area (Å²) in [5.41, 5.74) is 7.35.